The van der Waals surface area contributed by atoms with Gasteiger partial charge in [-0.05, 0) is 56.0 Å². The van der Waals surface area contributed by atoms with E-state index in [0.717, 1.165) is 31.9 Å². The second-order valence-electron chi connectivity index (χ2n) is 5.96. The van der Waals surface area contributed by atoms with Crippen LogP contribution >= 0.6 is 11.6 Å². The Hall–Kier alpha value is -1.43. The zero-order valence-electron chi connectivity index (χ0n) is 12.4. The van der Waals surface area contributed by atoms with Crippen molar-refractivity contribution in [3.8, 4) is 0 Å². The largest absolute Gasteiger partial charge is 0.466 e. The van der Waals surface area contributed by atoms with Crippen LogP contribution in [0.5, 0.6) is 0 Å². The molecule has 0 spiro atoms. The highest BCUT2D eigenvalue weighted by molar-refractivity contribution is 6.28. The molecule has 0 radical (unpaired) electrons. The number of esters is 1. The summed E-state index contributed by atoms with van der Waals surface area (Å²) >= 11 is 5.74. The van der Waals surface area contributed by atoms with Crippen molar-refractivity contribution in [2.75, 3.05) is 11.9 Å². The molecule has 1 unspecified atom stereocenters. The number of hydrogen-bond donors (Lipinski definition) is 1. The molecule has 1 aromatic heterocycles. The van der Waals surface area contributed by atoms with Crippen molar-refractivity contribution < 1.29 is 13.9 Å². The van der Waals surface area contributed by atoms with Gasteiger partial charge in [0.05, 0.1) is 18.7 Å². The predicted octanol–water partition coefficient (Wildman–Crippen LogP) is 3.05. The van der Waals surface area contributed by atoms with Crippen molar-refractivity contribution >= 4 is 23.4 Å². The van der Waals surface area contributed by atoms with Crippen LogP contribution in [0, 0.1) is 23.6 Å². The third kappa shape index (κ3) is 2.89. The van der Waals surface area contributed by atoms with Crippen LogP contribution in [0.3, 0.4) is 0 Å². The van der Waals surface area contributed by atoms with Gasteiger partial charge in [0.1, 0.15) is 0 Å². The highest BCUT2D eigenvalue weighted by Gasteiger charge is 2.48. The number of aromatic nitrogens is 2. The number of nitrogens with one attached hydrogen (secondary N) is 1. The molecule has 5 nitrogen and oxygen atoms in total. The number of halogens is 2. The molecular weight excluding hydrogens is 309 g/mol. The summed E-state index contributed by atoms with van der Waals surface area (Å²) in [5.41, 5.74) is 0. The molecule has 0 amide bonds. The van der Waals surface area contributed by atoms with E-state index >= 15 is 0 Å². The average molecular weight is 328 g/mol. The monoisotopic (exact) mass is 327 g/mol. The van der Waals surface area contributed by atoms with E-state index in [-0.39, 0.29) is 29.0 Å². The molecule has 2 bridgehead atoms. The van der Waals surface area contributed by atoms with Crippen molar-refractivity contribution in [3.05, 3.63) is 17.3 Å². The van der Waals surface area contributed by atoms with Gasteiger partial charge in [-0.1, -0.05) is 0 Å². The van der Waals surface area contributed by atoms with E-state index in [0.29, 0.717) is 18.4 Å². The first-order valence-electron chi connectivity index (χ1n) is 7.71. The molecule has 7 heteroatoms. The molecule has 0 saturated heterocycles. The van der Waals surface area contributed by atoms with Gasteiger partial charge in [0.25, 0.3) is 0 Å². The summed E-state index contributed by atoms with van der Waals surface area (Å²) in [5, 5.41) is 3.08. The van der Waals surface area contributed by atoms with Crippen LogP contribution in [0.25, 0.3) is 0 Å². The van der Waals surface area contributed by atoms with Gasteiger partial charge in [-0.2, -0.15) is 4.98 Å². The Labute approximate surface area is 133 Å². The molecule has 3 fully saturated rings. The summed E-state index contributed by atoms with van der Waals surface area (Å²) < 4.78 is 19.1. The molecule has 1 aromatic rings. The number of ether oxygens (including phenoxy) is 1. The van der Waals surface area contributed by atoms with Gasteiger partial charge in [-0.15, -0.1) is 0 Å². The van der Waals surface area contributed by atoms with Crippen LogP contribution in [0.1, 0.15) is 32.6 Å². The topological polar surface area (TPSA) is 64.1 Å². The predicted molar refractivity (Wildman–Crippen MR) is 80.0 cm³/mol. The Balaban J connectivity index is 1.85. The quantitative estimate of drug-likeness (QED) is 0.680. The van der Waals surface area contributed by atoms with Crippen molar-refractivity contribution in [1.29, 1.82) is 0 Å². The molecule has 1 N–H and O–H groups in total. The van der Waals surface area contributed by atoms with E-state index in [1.54, 1.807) is 6.92 Å². The molecule has 3 aliphatic rings. The number of nitrogens with zero attached hydrogens (tertiary/aromatic N) is 2. The van der Waals surface area contributed by atoms with Crippen molar-refractivity contribution in [1.82, 2.24) is 9.97 Å². The van der Waals surface area contributed by atoms with Crippen LogP contribution in [-0.4, -0.2) is 28.6 Å². The fraction of sp³-hybridized carbons (Fsp3) is 0.667. The normalized spacial score (nSPS) is 30.1. The molecule has 3 saturated carbocycles. The minimum atomic E-state index is -0.562. The van der Waals surface area contributed by atoms with E-state index < -0.39 is 5.82 Å². The minimum Gasteiger partial charge on any atom is -0.466 e. The lowest BCUT2D eigenvalue weighted by atomic mass is 9.61. The number of fused-ring (bicyclic) bond motifs is 3. The van der Waals surface area contributed by atoms with E-state index in [2.05, 4.69) is 15.3 Å². The fourth-order valence-corrected chi connectivity index (χ4v) is 3.97. The van der Waals surface area contributed by atoms with Crippen molar-refractivity contribution in [2.45, 2.75) is 38.6 Å². The number of hydrogen-bond acceptors (Lipinski definition) is 5. The van der Waals surface area contributed by atoms with Crippen LogP contribution in [0.15, 0.2) is 6.20 Å². The van der Waals surface area contributed by atoms with Crippen molar-refractivity contribution in [2.24, 2.45) is 17.8 Å². The number of carbonyl (C=O) groups excluding carboxylic acids is 1. The summed E-state index contributed by atoms with van der Waals surface area (Å²) in [6, 6.07) is -0.160. The summed E-state index contributed by atoms with van der Waals surface area (Å²) in [4.78, 5) is 19.8. The Morgan fingerprint density at radius 1 is 1.41 bits per heavy atom. The standard InChI is InChI=1S/C15H19ClFN3O2/c1-2-22-14(21)11-8-3-5-9(6-4-8)12(11)19-13-10(17)7-18-15(16)20-13/h7-9,11-12H,2-6H2,1H3,(H,18,19,20)/t8-,9+,11?,12-/m0/s1. The first-order chi connectivity index (χ1) is 10.6. The van der Waals surface area contributed by atoms with Gasteiger partial charge < -0.3 is 10.1 Å². The molecule has 22 heavy (non-hydrogen) atoms. The maximum atomic E-state index is 13.9. The smallest absolute Gasteiger partial charge is 0.311 e. The third-order valence-corrected chi connectivity index (χ3v) is 4.98. The summed E-state index contributed by atoms with van der Waals surface area (Å²) in [6.45, 7) is 2.15. The molecule has 120 valence electrons. The number of rotatable bonds is 4. The van der Waals surface area contributed by atoms with E-state index in [4.69, 9.17) is 16.3 Å². The first-order valence-corrected chi connectivity index (χ1v) is 8.09. The molecule has 2 atom stereocenters. The number of anilines is 1. The molecular formula is C15H19ClFN3O2. The summed E-state index contributed by atoms with van der Waals surface area (Å²) in [7, 11) is 0. The van der Waals surface area contributed by atoms with Gasteiger partial charge in [-0.25, -0.2) is 9.37 Å². The van der Waals surface area contributed by atoms with E-state index in [1.165, 1.54) is 0 Å². The van der Waals surface area contributed by atoms with Gasteiger partial charge in [0.15, 0.2) is 11.6 Å². The summed E-state index contributed by atoms with van der Waals surface area (Å²) in [6.07, 6.45) is 5.17. The highest BCUT2D eigenvalue weighted by atomic mass is 35.5. The second-order valence-corrected chi connectivity index (χ2v) is 6.30. The number of carbonyl (C=O) groups is 1. The molecule has 3 aliphatic carbocycles. The molecule has 0 aliphatic heterocycles. The lowest BCUT2D eigenvalue weighted by Gasteiger charge is -2.47. The minimum absolute atomic E-state index is 0.0162. The first kappa shape index (κ1) is 15.5. The van der Waals surface area contributed by atoms with Crippen molar-refractivity contribution in [3.63, 3.8) is 0 Å². The third-order valence-electron chi connectivity index (χ3n) is 4.80. The molecule has 1 heterocycles. The second kappa shape index (κ2) is 6.36. The lowest BCUT2D eigenvalue weighted by molar-refractivity contribution is -0.154. The van der Waals surface area contributed by atoms with Crippen LogP contribution < -0.4 is 5.32 Å². The van der Waals surface area contributed by atoms with Gasteiger partial charge >= 0.3 is 5.97 Å². The zero-order valence-corrected chi connectivity index (χ0v) is 13.1. The Morgan fingerprint density at radius 2 is 2.09 bits per heavy atom. The maximum absolute atomic E-state index is 13.9. The zero-order chi connectivity index (χ0) is 15.7. The SMILES string of the molecule is CCOC(=O)C1[C@H]2CC[C@H](CC2)[C@@H]1Nc1nc(Cl)ncc1F. The molecule has 4 rings (SSSR count). The van der Waals surface area contributed by atoms with Gasteiger partial charge in [0, 0.05) is 6.04 Å². The van der Waals surface area contributed by atoms with Crippen LogP contribution in [0.2, 0.25) is 5.28 Å². The highest BCUT2D eigenvalue weighted by Crippen LogP contribution is 2.46. The van der Waals surface area contributed by atoms with Crippen LogP contribution in [-0.2, 0) is 9.53 Å². The Bertz CT molecular complexity index is 564. The Kier molecular flexibility index (Phi) is 4.47. The molecule has 0 aromatic carbocycles. The maximum Gasteiger partial charge on any atom is 0.311 e. The van der Waals surface area contributed by atoms with Gasteiger partial charge in [-0.3, -0.25) is 4.79 Å². The van der Waals surface area contributed by atoms with E-state index in [1.807, 2.05) is 0 Å². The summed E-state index contributed by atoms with van der Waals surface area (Å²) in [5.74, 6) is -0.328. The fourth-order valence-electron chi connectivity index (χ4n) is 3.84. The lowest BCUT2D eigenvalue weighted by Crippen LogP contribution is -2.52. The van der Waals surface area contributed by atoms with Crippen LogP contribution in [0.4, 0.5) is 10.2 Å². The van der Waals surface area contributed by atoms with Gasteiger partial charge in [0.2, 0.25) is 5.28 Å². The average Bonchev–Trinajstić information content (AvgIpc) is 2.52. The van der Waals surface area contributed by atoms with E-state index in [9.17, 15) is 9.18 Å². The Morgan fingerprint density at radius 3 is 2.77 bits per heavy atom.